The number of rotatable bonds is 4. The van der Waals surface area contributed by atoms with Crippen LogP contribution in [-0.4, -0.2) is 39.7 Å². The highest BCUT2D eigenvalue weighted by Crippen LogP contribution is 2.24. The molecular formula is C23H27N5O. The van der Waals surface area contributed by atoms with Gasteiger partial charge in [-0.3, -0.25) is 4.90 Å². The first-order valence-electron chi connectivity index (χ1n) is 10.6. The monoisotopic (exact) mass is 389 g/mol. The van der Waals surface area contributed by atoms with Gasteiger partial charge in [-0.1, -0.05) is 36.3 Å². The Morgan fingerprint density at radius 2 is 1.86 bits per heavy atom. The van der Waals surface area contributed by atoms with Crippen LogP contribution < -0.4 is 4.90 Å². The van der Waals surface area contributed by atoms with Crippen LogP contribution in [0.3, 0.4) is 0 Å². The van der Waals surface area contributed by atoms with Crippen molar-refractivity contribution >= 4 is 5.82 Å². The number of nitrogens with zero attached hydrogens (tertiary/aromatic N) is 5. The maximum absolute atomic E-state index is 5.53. The molecule has 150 valence electrons. The van der Waals surface area contributed by atoms with Crippen LogP contribution in [0.15, 0.2) is 47.1 Å². The van der Waals surface area contributed by atoms with Crippen LogP contribution in [0.5, 0.6) is 0 Å². The Bertz CT molecular complexity index is 959. The second kappa shape index (κ2) is 7.95. The van der Waals surface area contributed by atoms with E-state index in [2.05, 4.69) is 62.2 Å². The molecular weight excluding hydrogens is 362 g/mol. The Labute approximate surface area is 171 Å². The summed E-state index contributed by atoms with van der Waals surface area (Å²) in [5.74, 6) is 3.13. The van der Waals surface area contributed by atoms with Crippen molar-refractivity contribution in [3.05, 3.63) is 59.6 Å². The number of aromatic nitrogens is 3. The van der Waals surface area contributed by atoms with Gasteiger partial charge >= 0.3 is 0 Å². The van der Waals surface area contributed by atoms with Crippen molar-refractivity contribution in [3.63, 3.8) is 0 Å². The summed E-state index contributed by atoms with van der Waals surface area (Å²) in [4.78, 5) is 14.0. The lowest BCUT2D eigenvalue weighted by Gasteiger charge is -2.31. The van der Waals surface area contributed by atoms with Gasteiger partial charge in [0.25, 0.3) is 0 Å². The second-order valence-corrected chi connectivity index (χ2v) is 8.32. The Kier molecular flexibility index (Phi) is 5.02. The van der Waals surface area contributed by atoms with Gasteiger partial charge in [0, 0.05) is 37.9 Å². The molecule has 0 amide bonds. The van der Waals surface area contributed by atoms with Crippen molar-refractivity contribution in [3.8, 4) is 11.4 Å². The molecule has 4 heterocycles. The van der Waals surface area contributed by atoms with E-state index in [1.165, 1.54) is 24.0 Å². The van der Waals surface area contributed by atoms with Gasteiger partial charge in [-0.05, 0) is 48.4 Å². The lowest BCUT2D eigenvalue weighted by atomic mass is 9.99. The lowest BCUT2D eigenvalue weighted by molar-refractivity contribution is 0.210. The van der Waals surface area contributed by atoms with Crippen LogP contribution in [0.25, 0.3) is 11.4 Å². The summed E-state index contributed by atoms with van der Waals surface area (Å²) in [6.07, 6.45) is 5.40. The molecule has 2 aliphatic heterocycles. The van der Waals surface area contributed by atoms with E-state index in [1.807, 2.05) is 12.3 Å². The molecule has 2 aromatic heterocycles. The van der Waals surface area contributed by atoms with Crippen molar-refractivity contribution < 1.29 is 4.52 Å². The molecule has 0 atom stereocenters. The molecule has 1 aromatic carbocycles. The van der Waals surface area contributed by atoms with Gasteiger partial charge in [0.05, 0.1) is 6.54 Å². The molecule has 0 aliphatic carbocycles. The normalized spacial score (nSPS) is 18.0. The maximum atomic E-state index is 5.53. The SMILES string of the molecule is CC1CCN(c2ccc(-c3noc(CN4CCc5ccccc5C4)n3)cn2)CC1. The van der Waals surface area contributed by atoms with Gasteiger partial charge in [-0.25, -0.2) is 4.98 Å². The number of hydrogen-bond donors (Lipinski definition) is 0. The smallest absolute Gasteiger partial charge is 0.241 e. The van der Waals surface area contributed by atoms with E-state index >= 15 is 0 Å². The number of piperidine rings is 1. The van der Waals surface area contributed by atoms with E-state index < -0.39 is 0 Å². The third kappa shape index (κ3) is 4.03. The van der Waals surface area contributed by atoms with Gasteiger partial charge in [0.1, 0.15) is 5.82 Å². The third-order valence-electron chi connectivity index (χ3n) is 6.15. The van der Waals surface area contributed by atoms with E-state index in [0.717, 1.165) is 49.9 Å². The number of hydrogen-bond acceptors (Lipinski definition) is 6. The van der Waals surface area contributed by atoms with Crippen LogP contribution in [0, 0.1) is 5.92 Å². The first kappa shape index (κ1) is 18.3. The Balaban J connectivity index is 1.23. The maximum Gasteiger partial charge on any atom is 0.241 e. The molecule has 0 unspecified atom stereocenters. The quantitative estimate of drug-likeness (QED) is 0.674. The molecule has 5 rings (SSSR count). The first-order valence-corrected chi connectivity index (χ1v) is 10.6. The van der Waals surface area contributed by atoms with Gasteiger partial charge < -0.3 is 9.42 Å². The summed E-state index contributed by atoms with van der Waals surface area (Å²) < 4.78 is 5.53. The molecule has 0 radical (unpaired) electrons. The zero-order chi connectivity index (χ0) is 19.6. The van der Waals surface area contributed by atoms with Crippen molar-refractivity contribution in [1.82, 2.24) is 20.0 Å². The first-order chi connectivity index (χ1) is 14.2. The minimum Gasteiger partial charge on any atom is -0.357 e. The number of fused-ring (bicyclic) bond motifs is 1. The van der Waals surface area contributed by atoms with Gasteiger partial charge in [0.15, 0.2) is 0 Å². The molecule has 1 saturated heterocycles. The number of benzene rings is 1. The molecule has 0 bridgehead atoms. The van der Waals surface area contributed by atoms with E-state index in [-0.39, 0.29) is 0 Å². The highest BCUT2D eigenvalue weighted by Gasteiger charge is 2.20. The predicted octanol–water partition coefficient (Wildman–Crippen LogP) is 3.93. The fraction of sp³-hybridized carbons (Fsp3) is 0.435. The Hall–Kier alpha value is -2.73. The highest BCUT2D eigenvalue weighted by molar-refractivity contribution is 5.55. The topological polar surface area (TPSA) is 58.3 Å². The molecule has 0 saturated carbocycles. The van der Waals surface area contributed by atoms with Crippen LogP contribution in [0.1, 0.15) is 36.8 Å². The largest absolute Gasteiger partial charge is 0.357 e. The van der Waals surface area contributed by atoms with Gasteiger partial charge in [-0.2, -0.15) is 4.98 Å². The van der Waals surface area contributed by atoms with Gasteiger partial charge in [-0.15, -0.1) is 0 Å². The molecule has 2 aliphatic rings. The minimum atomic E-state index is 0.615. The third-order valence-corrected chi connectivity index (χ3v) is 6.15. The summed E-state index contributed by atoms with van der Waals surface area (Å²) in [5, 5.41) is 4.18. The fourth-order valence-corrected chi connectivity index (χ4v) is 4.26. The lowest BCUT2D eigenvalue weighted by Crippen LogP contribution is -2.33. The van der Waals surface area contributed by atoms with Crippen LogP contribution in [-0.2, 0) is 19.5 Å². The highest BCUT2D eigenvalue weighted by atomic mass is 16.5. The van der Waals surface area contributed by atoms with Crippen molar-refractivity contribution in [1.29, 1.82) is 0 Å². The fourth-order valence-electron chi connectivity index (χ4n) is 4.26. The van der Waals surface area contributed by atoms with E-state index in [9.17, 15) is 0 Å². The Morgan fingerprint density at radius 1 is 1.03 bits per heavy atom. The summed E-state index contributed by atoms with van der Waals surface area (Å²) >= 11 is 0. The summed E-state index contributed by atoms with van der Waals surface area (Å²) in [6, 6.07) is 12.8. The zero-order valence-corrected chi connectivity index (χ0v) is 16.9. The van der Waals surface area contributed by atoms with Crippen LogP contribution >= 0.6 is 0 Å². The van der Waals surface area contributed by atoms with E-state index in [4.69, 9.17) is 4.52 Å². The molecule has 6 nitrogen and oxygen atoms in total. The van der Waals surface area contributed by atoms with E-state index in [1.54, 1.807) is 0 Å². The molecule has 1 fully saturated rings. The van der Waals surface area contributed by atoms with Crippen molar-refractivity contribution in [2.24, 2.45) is 5.92 Å². The number of anilines is 1. The average Bonchev–Trinajstić information content (AvgIpc) is 3.23. The predicted molar refractivity (Wildman–Crippen MR) is 112 cm³/mol. The standard InChI is InChI=1S/C23H27N5O/c1-17-8-12-28(13-9-17)21-7-6-19(14-24-21)23-25-22(29-26-23)16-27-11-10-18-4-2-3-5-20(18)15-27/h2-7,14,17H,8-13,15-16H2,1H3. The summed E-state index contributed by atoms with van der Waals surface area (Å²) in [6.45, 7) is 7.11. The van der Waals surface area contributed by atoms with Gasteiger partial charge in [0.2, 0.25) is 11.7 Å². The van der Waals surface area contributed by atoms with Crippen molar-refractivity contribution in [2.45, 2.75) is 39.3 Å². The average molecular weight is 390 g/mol. The molecule has 0 spiro atoms. The molecule has 0 N–H and O–H groups in total. The van der Waals surface area contributed by atoms with Crippen LogP contribution in [0.4, 0.5) is 5.82 Å². The Morgan fingerprint density at radius 3 is 2.66 bits per heavy atom. The summed E-state index contributed by atoms with van der Waals surface area (Å²) in [7, 11) is 0. The minimum absolute atomic E-state index is 0.615. The van der Waals surface area contributed by atoms with Crippen molar-refractivity contribution in [2.75, 3.05) is 24.5 Å². The molecule has 29 heavy (non-hydrogen) atoms. The van der Waals surface area contributed by atoms with E-state index in [0.29, 0.717) is 18.3 Å². The summed E-state index contributed by atoms with van der Waals surface area (Å²) in [5.41, 5.74) is 3.74. The second-order valence-electron chi connectivity index (χ2n) is 8.32. The number of pyridine rings is 1. The van der Waals surface area contributed by atoms with Crippen LogP contribution in [0.2, 0.25) is 0 Å². The zero-order valence-electron chi connectivity index (χ0n) is 16.9. The molecule has 6 heteroatoms. The molecule has 3 aromatic rings.